The molecule has 9 nitrogen and oxygen atoms in total. The number of hydrogen-bond donors (Lipinski definition) is 0. The van der Waals surface area contributed by atoms with E-state index in [1.807, 2.05) is 38.1 Å². The van der Waals surface area contributed by atoms with Crippen LogP contribution < -0.4 is 4.74 Å². The Balaban J connectivity index is 1.15. The first kappa shape index (κ1) is 23.0. The molecule has 182 valence electrons. The minimum absolute atomic E-state index is 0.0185. The minimum Gasteiger partial charge on any atom is -0.484 e. The van der Waals surface area contributed by atoms with Crippen molar-refractivity contribution in [3.8, 4) is 5.75 Å². The van der Waals surface area contributed by atoms with E-state index in [0.717, 1.165) is 11.1 Å². The van der Waals surface area contributed by atoms with Crippen LogP contribution in [0.1, 0.15) is 39.0 Å². The molecule has 0 unspecified atom stereocenters. The summed E-state index contributed by atoms with van der Waals surface area (Å²) in [6, 6.07) is 15.8. The van der Waals surface area contributed by atoms with E-state index >= 15 is 0 Å². The van der Waals surface area contributed by atoms with Gasteiger partial charge in [-0.1, -0.05) is 47.2 Å². The summed E-state index contributed by atoms with van der Waals surface area (Å²) in [7, 11) is 0. The van der Waals surface area contributed by atoms with E-state index in [0.29, 0.717) is 49.9 Å². The summed E-state index contributed by atoms with van der Waals surface area (Å²) in [4.78, 5) is 29.2. The van der Waals surface area contributed by atoms with Crippen LogP contribution in [0, 0.1) is 13.8 Å². The van der Waals surface area contributed by atoms with Gasteiger partial charge in [-0.05, 0) is 37.1 Å². The summed E-state index contributed by atoms with van der Waals surface area (Å²) in [6.07, 6.45) is -0.121. The number of carbonyl (C=O) groups excluding carboxylic acids is 2. The van der Waals surface area contributed by atoms with E-state index in [4.69, 9.17) is 9.47 Å². The van der Waals surface area contributed by atoms with Crippen LogP contribution in [0.2, 0.25) is 0 Å². The van der Waals surface area contributed by atoms with Crippen molar-refractivity contribution in [3.63, 3.8) is 0 Å². The smallest absolute Gasteiger partial charge is 0.276 e. The molecule has 1 atom stereocenters. The quantitative estimate of drug-likeness (QED) is 0.563. The number of carbonyl (C=O) groups is 2. The Bertz CT molecular complexity index is 1210. The summed E-state index contributed by atoms with van der Waals surface area (Å²) < 4.78 is 13.5. The van der Waals surface area contributed by atoms with Crippen LogP contribution in [0.4, 0.5) is 0 Å². The van der Waals surface area contributed by atoms with Crippen molar-refractivity contribution in [1.29, 1.82) is 0 Å². The van der Waals surface area contributed by atoms with Crippen LogP contribution in [0.5, 0.6) is 5.75 Å². The molecule has 0 saturated carbocycles. The van der Waals surface area contributed by atoms with Crippen molar-refractivity contribution >= 4 is 11.8 Å². The zero-order valence-electron chi connectivity index (χ0n) is 20.0. The van der Waals surface area contributed by atoms with Gasteiger partial charge in [0.1, 0.15) is 11.9 Å². The lowest BCUT2D eigenvalue weighted by atomic mass is 10.1. The molecule has 2 aliphatic heterocycles. The van der Waals surface area contributed by atoms with Crippen LogP contribution in [0.25, 0.3) is 0 Å². The Morgan fingerprint density at radius 3 is 2.49 bits per heavy atom. The number of piperazine rings is 1. The molecule has 2 aliphatic rings. The summed E-state index contributed by atoms with van der Waals surface area (Å²) in [5.41, 5.74) is 4.38. The molecule has 1 aromatic heterocycles. The number of benzene rings is 2. The van der Waals surface area contributed by atoms with Gasteiger partial charge in [0.05, 0.1) is 18.8 Å². The Morgan fingerprint density at radius 2 is 1.74 bits per heavy atom. The second kappa shape index (κ2) is 9.87. The number of ether oxygens (including phenoxy) is 2. The third-order valence-electron chi connectivity index (χ3n) is 6.52. The van der Waals surface area contributed by atoms with Gasteiger partial charge >= 0.3 is 0 Å². The third-order valence-corrected chi connectivity index (χ3v) is 6.52. The maximum Gasteiger partial charge on any atom is 0.276 e. The molecule has 3 heterocycles. The monoisotopic (exact) mass is 475 g/mol. The van der Waals surface area contributed by atoms with E-state index < -0.39 is 0 Å². The SMILES string of the molecule is Cc1ccc([C@H]2Cn3nnc(C(=O)N4CCN(C(=O)COc5cccc(C)c5)CC4)c3CO2)cc1. The Morgan fingerprint density at radius 1 is 1.00 bits per heavy atom. The lowest BCUT2D eigenvalue weighted by Gasteiger charge is -2.34. The summed E-state index contributed by atoms with van der Waals surface area (Å²) in [5, 5.41) is 8.41. The number of aryl methyl sites for hydroxylation is 2. The van der Waals surface area contributed by atoms with Gasteiger partial charge in [-0.3, -0.25) is 9.59 Å². The van der Waals surface area contributed by atoms with Crippen LogP contribution >= 0.6 is 0 Å². The van der Waals surface area contributed by atoms with Gasteiger partial charge < -0.3 is 19.3 Å². The Kier molecular flexibility index (Phi) is 6.50. The van der Waals surface area contributed by atoms with Crippen molar-refractivity contribution < 1.29 is 19.1 Å². The van der Waals surface area contributed by atoms with E-state index in [1.54, 1.807) is 14.5 Å². The zero-order chi connectivity index (χ0) is 24.4. The van der Waals surface area contributed by atoms with E-state index in [9.17, 15) is 9.59 Å². The minimum atomic E-state index is -0.174. The van der Waals surface area contributed by atoms with Crippen molar-refractivity contribution in [2.45, 2.75) is 33.1 Å². The zero-order valence-corrected chi connectivity index (χ0v) is 20.0. The summed E-state index contributed by atoms with van der Waals surface area (Å²) in [6.45, 7) is 6.59. The molecular weight excluding hydrogens is 446 g/mol. The van der Waals surface area contributed by atoms with Crippen molar-refractivity contribution in [3.05, 3.63) is 76.6 Å². The van der Waals surface area contributed by atoms with E-state index in [1.165, 1.54) is 5.56 Å². The fourth-order valence-corrected chi connectivity index (χ4v) is 4.41. The maximum atomic E-state index is 13.2. The molecule has 35 heavy (non-hydrogen) atoms. The highest BCUT2D eigenvalue weighted by Crippen LogP contribution is 2.27. The average Bonchev–Trinajstić information content (AvgIpc) is 3.31. The Labute approximate surface area is 204 Å². The lowest BCUT2D eigenvalue weighted by molar-refractivity contribution is -0.134. The number of aromatic nitrogens is 3. The van der Waals surface area contributed by atoms with Crippen LogP contribution in [0.3, 0.4) is 0 Å². The molecule has 0 spiro atoms. The molecule has 2 amide bonds. The van der Waals surface area contributed by atoms with Crippen LogP contribution in [-0.2, 0) is 22.7 Å². The van der Waals surface area contributed by atoms with Crippen LogP contribution in [0.15, 0.2) is 48.5 Å². The van der Waals surface area contributed by atoms with Gasteiger partial charge in [0.25, 0.3) is 11.8 Å². The molecule has 0 aliphatic carbocycles. The molecule has 0 N–H and O–H groups in total. The topological polar surface area (TPSA) is 89.8 Å². The second-order valence-electron chi connectivity index (χ2n) is 9.06. The van der Waals surface area contributed by atoms with Crippen LogP contribution in [-0.4, -0.2) is 69.4 Å². The highest BCUT2D eigenvalue weighted by molar-refractivity contribution is 5.93. The molecule has 0 bridgehead atoms. The number of rotatable bonds is 5. The molecular formula is C26H29N5O4. The molecule has 1 fully saturated rings. The van der Waals surface area contributed by atoms with Crippen molar-refractivity contribution in [2.24, 2.45) is 0 Å². The van der Waals surface area contributed by atoms with Crippen molar-refractivity contribution in [1.82, 2.24) is 24.8 Å². The molecule has 9 heteroatoms. The van der Waals surface area contributed by atoms with Gasteiger partial charge in [0, 0.05) is 26.2 Å². The van der Waals surface area contributed by atoms with Gasteiger partial charge in [-0.15, -0.1) is 5.10 Å². The van der Waals surface area contributed by atoms with Gasteiger partial charge in [-0.2, -0.15) is 0 Å². The average molecular weight is 476 g/mol. The summed E-state index contributed by atoms with van der Waals surface area (Å²) in [5.74, 6) is 0.415. The largest absolute Gasteiger partial charge is 0.484 e. The molecule has 0 radical (unpaired) electrons. The number of nitrogens with zero attached hydrogens (tertiary/aromatic N) is 5. The lowest BCUT2D eigenvalue weighted by Crippen LogP contribution is -2.51. The maximum absolute atomic E-state index is 13.2. The molecule has 3 aromatic rings. The highest BCUT2D eigenvalue weighted by Gasteiger charge is 2.32. The van der Waals surface area contributed by atoms with Gasteiger partial charge in [0.2, 0.25) is 0 Å². The predicted molar refractivity (Wildman–Crippen MR) is 128 cm³/mol. The normalized spacial score (nSPS) is 17.7. The van der Waals surface area contributed by atoms with E-state index in [-0.39, 0.29) is 31.1 Å². The highest BCUT2D eigenvalue weighted by atomic mass is 16.5. The molecule has 2 aromatic carbocycles. The van der Waals surface area contributed by atoms with E-state index in [2.05, 4.69) is 34.6 Å². The number of hydrogen-bond acceptors (Lipinski definition) is 6. The van der Waals surface area contributed by atoms with Gasteiger partial charge in [0.15, 0.2) is 12.3 Å². The van der Waals surface area contributed by atoms with Crippen molar-refractivity contribution in [2.75, 3.05) is 32.8 Å². The summed E-state index contributed by atoms with van der Waals surface area (Å²) >= 11 is 0. The Hall–Kier alpha value is -3.72. The fraction of sp³-hybridized carbons (Fsp3) is 0.385. The molecule has 1 saturated heterocycles. The second-order valence-corrected chi connectivity index (χ2v) is 9.06. The number of amides is 2. The molecule has 5 rings (SSSR count). The number of fused-ring (bicyclic) bond motifs is 1. The predicted octanol–water partition coefficient (Wildman–Crippen LogP) is 2.53. The fourth-order valence-electron chi connectivity index (χ4n) is 4.41. The van der Waals surface area contributed by atoms with Gasteiger partial charge in [-0.25, -0.2) is 4.68 Å². The standard InChI is InChI=1S/C26H29N5O4/c1-18-6-8-20(9-7-18)23-15-31-22(16-35-23)25(27-28-31)26(33)30-12-10-29(11-13-30)24(32)17-34-21-5-3-4-19(2)14-21/h3-9,14,23H,10-13,15-17H2,1-2H3/t23-/m1/s1. The first-order chi connectivity index (χ1) is 17.0. The first-order valence-electron chi connectivity index (χ1n) is 11.8. The first-order valence-corrected chi connectivity index (χ1v) is 11.8. The third kappa shape index (κ3) is 5.05.